The Labute approximate surface area is 104 Å². The molecule has 0 unspecified atom stereocenters. The first-order chi connectivity index (χ1) is 8.04. The summed E-state index contributed by atoms with van der Waals surface area (Å²) in [5, 5.41) is 0. The molecule has 1 aromatic rings. The number of aromatic nitrogens is 1. The van der Waals surface area contributed by atoms with Crippen molar-refractivity contribution < 1.29 is 4.74 Å². The molecule has 0 aliphatic carbocycles. The van der Waals surface area contributed by atoms with Gasteiger partial charge in [0.05, 0.1) is 6.61 Å². The zero-order valence-electron chi connectivity index (χ0n) is 11.2. The zero-order chi connectivity index (χ0) is 12.8. The molecule has 96 valence electrons. The van der Waals surface area contributed by atoms with Gasteiger partial charge in [0.1, 0.15) is 5.82 Å². The molecule has 0 saturated carbocycles. The summed E-state index contributed by atoms with van der Waals surface area (Å²) in [7, 11) is 1.71. The molecule has 0 aliphatic heterocycles. The molecule has 1 aromatic heterocycles. The van der Waals surface area contributed by atoms with Crippen LogP contribution < -0.4 is 10.6 Å². The van der Waals surface area contributed by atoms with Gasteiger partial charge >= 0.3 is 0 Å². The molecule has 0 amide bonds. The lowest BCUT2D eigenvalue weighted by atomic mass is 10.2. The second kappa shape index (κ2) is 6.45. The number of ether oxygens (including phenoxy) is 1. The molecule has 0 spiro atoms. The Bertz CT molecular complexity index is 353. The average Bonchev–Trinajstić information content (AvgIpc) is 2.27. The third kappa shape index (κ3) is 4.23. The summed E-state index contributed by atoms with van der Waals surface area (Å²) in [6, 6.07) is 1.94. The number of anilines is 2. The zero-order valence-corrected chi connectivity index (χ0v) is 11.2. The highest BCUT2D eigenvalue weighted by Crippen LogP contribution is 2.18. The van der Waals surface area contributed by atoms with Gasteiger partial charge in [0.15, 0.2) is 0 Å². The summed E-state index contributed by atoms with van der Waals surface area (Å²) in [5.41, 5.74) is 7.73. The summed E-state index contributed by atoms with van der Waals surface area (Å²) >= 11 is 0. The topological polar surface area (TPSA) is 51.4 Å². The molecule has 1 rings (SSSR count). The van der Waals surface area contributed by atoms with E-state index in [0.717, 1.165) is 30.2 Å². The van der Waals surface area contributed by atoms with Gasteiger partial charge in [-0.1, -0.05) is 13.8 Å². The maximum absolute atomic E-state index is 5.92. The van der Waals surface area contributed by atoms with Crippen LogP contribution in [-0.2, 0) is 4.74 Å². The molecule has 0 aromatic carbocycles. The van der Waals surface area contributed by atoms with Crippen molar-refractivity contribution in [3.63, 3.8) is 0 Å². The minimum Gasteiger partial charge on any atom is -0.398 e. The van der Waals surface area contributed by atoms with Crippen molar-refractivity contribution in [3.05, 3.63) is 17.8 Å². The smallest absolute Gasteiger partial charge is 0.130 e. The number of nitrogens with two attached hydrogens (primary N) is 1. The Hall–Kier alpha value is -1.29. The van der Waals surface area contributed by atoms with E-state index in [2.05, 4.69) is 23.7 Å². The lowest BCUT2D eigenvalue weighted by Gasteiger charge is -2.25. The van der Waals surface area contributed by atoms with Crippen LogP contribution in [0, 0.1) is 12.8 Å². The van der Waals surface area contributed by atoms with Crippen LogP contribution in [0.25, 0.3) is 0 Å². The van der Waals surface area contributed by atoms with E-state index in [1.165, 1.54) is 0 Å². The Kier molecular flexibility index (Phi) is 5.22. The van der Waals surface area contributed by atoms with E-state index in [4.69, 9.17) is 10.5 Å². The summed E-state index contributed by atoms with van der Waals surface area (Å²) in [4.78, 5) is 6.65. The van der Waals surface area contributed by atoms with E-state index in [-0.39, 0.29) is 0 Å². The predicted molar refractivity (Wildman–Crippen MR) is 72.3 cm³/mol. The van der Waals surface area contributed by atoms with Gasteiger partial charge in [-0.2, -0.15) is 0 Å². The monoisotopic (exact) mass is 237 g/mol. The summed E-state index contributed by atoms with van der Waals surface area (Å²) < 4.78 is 5.13. The Morgan fingerprint density at radius 3 is 2.71 bits per heavy atom. The van der Waals surface area contributed by atoms with Crippen LogP contribution in [0.3, 0.4) is 0 Å². The summed E-state index contributed by atoms with van der Waals surface area (Å²) in [6.45, 7) is 8.84. The van der Waals surface area contributed by atoms with Gasteiger partial charge in [-0.25, -0.2) is 4.98 Å². The van der Waals surface area contributed by atoms with E-state index in [0.29, 0.717) is 12.5 Å². The largest absolute Gasteiger partial charge is 0.398 e. The minimum atomic E-state index is 0.580. The van der Waals surface area contributed by atoms with Gasteiger partial charge in [0.25, 0.3) is 0 Å². The highest BCUT2D eigenvalue weighted by atomic mass is 16.5. The number of rotatable bonds is 6. The molecule has 1 heterocycles. The van der Waals surface area contributed by atoms with Crippen LogP contribution in [0.4, 0.5) is 11.5 Å². The van der Waals surface area contributed by atoms with Crippen molar-refractivity contribution in [2.45, 2.75) is 20.8 Å². The molecule has 0 aliphatic rings. The Balaban J connectivity index is 2.83. The Morgan fingerprint density at radius 1 is 1.47 bits per heavy atom. The minimum absolute atomic E-state index is 0.580. The van der Waals surface area contributed by atoms with Crippen molar-refractivity contribution in [1.82, 2.24) is 4.98 Å². The molecule has 0 bridgehead atoms. The number of methoxy groups -OCH3 is 1. The molecule has 4 heteroatoms. The maximum Gasteiger partial charge on any atom is 0.130 e. The summed E-state index contributed by atoms with van der Waals surface area (Å²) in [5.74, 6) is 1.51. The van der Waals surface area contributed by atoms with Crippen LogP contribution in [0.15, 0.2) is 12.3 Å². The van der Waals surface area contributed by atoms with Gasteiger partial charge in [-0.05, 0) is 18.4 Å². The molecule has 0 radical (unpaired) electrons. The number of hydrogen-bond donors (Lipinski definition) is 1. The second-order valence-electron chi connectivity index (χ2n) is 4.73. The second-order valence-corrected chi connectivity index (χ2v) is 4.73. The molecular formula is C13H23N3O. The van der Waals surface area contributed by atoms with E-state index in [1.54, 1.807) is 7.11 Å². The van der Waals surface area contributed by atoms with E-state index in [9.17, 15) is 0 Å². The number of hydrogen-bond acceptors (Lipinski definition) is 4. The maximum atomic E-state index is 5.92. The highest BCUT2D eigenvalue weighted by molar-refractivity contribution is 5.54. The third-order valence-corrected chi connectivity index (χ3v) is 2.61. The summed E-state index contributed by atoms with van der Waals surface area (Å²) in [6.07, 6.45) is 1.82. The van der Waals surface area contributed by atoms with Crippen molar-refractivity contribution in [2.24, 2.45) is 5.92 Å². The molecule has 2 N–H and O–H groups in total. The van der Waals surface area contributed by atoms with Crippen LogP contribution >= 0.6 is 0 Å². The van der Waals surface area contributed by atoms with Crippen molar-refractivity contribution in [2.75, 3.05) is 37.4 Å². The lowest BCUT2D eigenvalue weighted by molar-refractivity contribution is 0.204. The molecular weight excluding hydrogens is 214 g/mol. The first-order valence-electron chi connectivity index (χ1n) is 6.00. The first kappa shape index (κ1) is 13.8. The van der Waals surface area contributed by atoms with Crippen LogP contribution in [0.5, 0.6) is 0 Å². The van der Waals surface area contributed by atoms with Gasteiger partial charge in [-0.3, -0.25) is 0 Å². The van der Waals surface area contributed by atoms with Gasteiger partial charge < -0.3 is 15.4 Å². The van der Waals surface area contributed by atoms with E-state index < -0.39 is 0 Å². The van der Waals surface area contributed by atoms with Gasteiger partial charge in [-0.15, -0.1) is 0 Å². The fraction of sp³-hybridized carbons (Fsp3) is 0.615. The molecule has 17 heavy (non-hydrogen) atoms. The predicted octanol–water partition coefficient (Wildman–Crippen LogP) is 2.08. The molecule has 0 fully saturated rings. The Morgan fingerprint density at radius 2 is 2.18 bits per heavy atom. The van der Waals surface area contributed by atoms with Crippen LogP contribution in [0.1, 0.15) is 19.4 Å². The third-order valence-electron chi connectivity index (χ3n) is 2.61. The average molecular weight is 237 g/mol. The van der Waals surface area contributed by atoms with E-state index >= 15 is 0 Å². The highest BCUT2D eigenvalue weighted by Gasteiger charge is 2.10. The SMILES string of the molecule is COCCN(CC(C)C)c1cc(N)c(C)cn1. The van der Waals surface area contributed by atoms with Crippen molar-refractivity contribution in [1.29, 1.82) is 0 Å². The standard InChI is InChI=1S/C13H23N3O/c1-10(2)9-16(5-6-17-4)13-7-12(14)11(3)8-15-13/h7-8,10H,5-6,9H2,1-4H3,(H2,14,15). The van der Waals surface area contributed by atoms with E-state index in [1.807, 2.05) is 19.2 Å². The molecule has 0 saturated heterocycles. The lowest BCUT2D eigenvalue weighted by Crippen LogP contribution is -2.31. The first-order valence-corrected chi connectivity index (χ1v) is 6.00. The fourth-order valence-corrected chi connectivity index (χ4v) is 1.64. The van der Waals surface area contributed by atoms with Gasteiger partial charge in [0.2, 0.25) is 0 Å². The number of nitrogen functional groups attached to an aromatic ring is 1. The van der Waals surface area contributed by atoms with Crippen molar-refractivity contribution in [3.8, 4) is 0 Å². The number of pyridine rings is 1. The van der Waals surface area contributed by atoms with Crippen LogP contribution in [-0.4, -0.2) is 31.8 Å². The van der Waals surface area contributed by atoms with Crippen molar-refractivity contribution >= 4 is 11.5 Å². The normalized spacial score (nSPS) is 10.9. The quantitative estimate of drug-likeness (QED) is 0.823. The van der Waals surface area contributed by atoms with Gasteiger partial charge in [0, 0.05) is 38.1 Å². The fourth-order valence-electron chi connectivity index (χ4n) is 1.64. The number of aryl methyl sites for hydroxylation is 1. The molecule has 4 nitrogen and oxygen atoms in total. The number of nitrogens with zero attached hydrogens (tertiary/aromatic N) is 2. The van der Waals surface area contributed by atoms with Crippen LogP contribution in [0.2, 0.25) is 0 Å². The molecule has 0 atom stereocenters.